The molecule has 0 saturated heterocycles. The summed E-state index contributed by atoms with van der Waals surface area (Å²) in [6.45, 7) is 9.94. The molecule has 1 unspecified atom stereocenters. The van der Waals surface area contributed by atoms with Crippen LogP contribution in [0.25, 0.3) is 11.2 Å². The quantitative estimate of drug-likeness (QED) is 0.0914. The van der Waals surface area contributed by atoms with Gasteiger partial charge in [-0.1, -0.05) is 19.9 Å². The van der Waals surface area contributed by atoms with Gasteiger partial charge in [0.05, 0.1) is 25.6 Å². The fourth-order valence-electron chi connectivity index (χ4n) is 2.68. The van der Waals surface area contributed by atoms with E-state index in [1.165, 1.54) is 6.33 Å². The highest BCUT2D eigenvalue weighted by atomic mass is 31.2. The van der Waals surface area contributed by atoms with Crippen molar-refractivity contribution in [1.82, 2.24) is 19.5 Å². The first-order chi connectivity index (χ1) is 18.5. The third-order valence-electron chi connectivity index (χ3n) is 4.34. The second-order valence-electron chi connectivity index (χ2n) is 8.51. The Bertz CT molecular complexity index is 1140. The van der Waals surface area contributed by atoms with Crippen molar-refractivity contribution >= 4 is 42.8 Å². The molecule has 218 valence electrons. The fraction of sp³-hybridized carbons (Fsp3) is 0.591. The number of nitrogen functional groups attached to an aromatic ring is 1. The maximum Gasteiger partial charge on any atom is 0.510 e. The van der Waals surface area contributed by atoms with Crippen LogP contribution in [0.15, 0.2) is 19.0 Å². The minimum absolute atomic E-state index is 0.0228. The first-order valence-corrected chi connectivity index (χ1v) is 13.7. The minimum Gasteiger partial charge on any atom is -0.434 e. The van der Waals surface area contributed by atoms with E-state index in [-0.39, 0.29) is 31.6 Å². The van der Waals surface area contributed by atoms with Gasteiger partial charge < -0.3 is 39.3 Å². The summed E-state index contributed by atoms with van der Waals surface area (Å²) in [4.78, 5) is 35.9. The van der Waals surface area contributed by atoms with Crippen LogP contribution in [0.1, 0.15) is 27.7 Å². The van der Waals surface area contributed by atoms with E-state index >= 15 is 0 Å². The monoisotopic (exact) mass is 574 g/mol. The van der Waals surface area contributed by atoms with Crippen molar-refractivity contribution < 1.29 is 46.9 Å². The van der Waals surface area contributed by atoms with Crippen molar-refractivity contribution in [2.75, 3.05) is 50.7 Å². The molecule has 2 aromatic heterocycles. The molecule has 0 spiro atoms. The van der Waals surface area contributed by atoms with Gasteiger partial charge in [0.1, 0.15) is 6.35 Å². The highest BCUT2D eigenvalue weighted by molar-refractivity contribution is 7.53. The molecule has 2 aromatic rings. The Morgan fingerprint density at radius 3 is 2.46 bits per heavy atom. The highest BCUT2D eigenvalue weighted by Crippen LogP contribution is 2.48. The number of fused-ring (bicyclic) bond motifs is 1. The van der Waals surface area contributed by atoms with Crippen molar-refractivity contribution in [3.05, 3.63) is 19.0 Å². The summed E-state index contributed by atoms with van der Waals surface area (Å²) < 4.78 is 49.7. The van der Waals surface area contributed by atoms with Crippen LogP contribution < -0.4 is 11.1 Å². The zero-order chi connectivity index (χ0) is 28.8. The third-order valence-corrected chi connectivity index (χ3v) is 5.84. The van der Waals surface area contributed by atoms with Gasteiger partial charge in [-0.25, -0.2) is 14.6 Å². The molecule has 0 amide bonds. The summed E-state index contributed by atoms with van der Waals surface area (Å²) in [5, 5.41) is 3.04. The molecule has 39 heavy (non-hydrogen) atoms. The molecule has 0 fully saturated rings. The summed E-state index contributed by atoms with van der Waals surface area (Å²) >= 11 is 0. The standard InChI is InChI=1S/C22H35N6O10P/c1-6-7-24-18-17-19(27-20(23)26-18)28(11-25-17)8-9-32-14-39(31,37-13-35-22(30)38-16(4)5)36-12-34-21(29)33-10-15(2)3/h6,11,15-16H,1,7-10,12-14H2,2-5H3,(H3,23,24,26,27). The van der Waals surface area contributed by atoms with Gasteiger partial charge in [-0.05, 0) is 19.8 Å². The number of hydrogen-bond donors (Lipinski definition) is 2. The van der Waals surface area contributed by atoms with Gasteiger partial charge in [-0.2, -0.15) is 9.97 Å². The van der Waals surface area contributed by atoms with Crippen LogP contribution in [0.2, 0.25) is 0 Å². The van der Waals surface area contributed by atoms with Gasteiger partial charge in [-0.15, -0.1) is 6.58 Å². The molecule has 0 aliphatic rings. The van der Waals surface area contributed by atoms with E-state index in [0.717, 1.165) is 0 Å². The molecule has 17 heteroatoms. The first kappa shape index (κ1) is 31.8. The van der Waals surface area contributed by atoms with Gasteiger partial charge in [0.2, 0.25) is 19.5 Å². The summed E-state index contributed by atoms with van der Waals surface area (Å²) in [5.41, 5.74) is 6.76. The second kappa shape index (κ2) is 15.8. The Kier molecular flexibility index (Phi) is 12.9. The Labute approximate surface area is 225 Å². The molecular weight excluding hydrogens is 539 g/mol. The molecule has 0 aromatic carbocycles. The first-order valence-electron chi connectivity index (χ1n) is 11.9. The summed E-state index contributed by atoms with van der Waals surface area (Å²) in [6.07, 6.45) is 0.163. The third kappa shape index (κ3) is 11.4. The van der Waals surface area contributed by atoms with Gasteiger partial charge in [0.25, 0.3) is 0 Å². The van der Waals surface area contributed by atoms with Crippen LogP contribution in [-0.2, 0) is 43.8 Å². The molecular formula is C22H35N6O10P. The average molecular weight is 575 g/mol. The molecule has 0 saturated carbocycles. The largest absolute Gasteiger partial charge is 0.510 e. The normalized spacial score (nSPS) is 12.8. The zero-order valence-corrected chi connectivity index (χ0v) is 23.3. The lowest BCUT2D eigenvalue weighted by atomic mass is 10.2. The maximum atomic E-state index is 13.1. The highest BCUT2D eigenvalue weighted by Gasteiger charge is 2.27. The maximum absolute atomic E-state index is 13.1. The summed E-state index contributed by atoms with van der Waals surface area (Å²) in [7, 11) is -4.06. The molecule has 0 radical (unpaired) electrons. The van der Waals surface area contributed by atoms with Crippen molar-refractivity contribution in [2.24, 2.45) is 5.92 Å². The van der Waals surface area contributed by atoms with Crippen LogP contribution in [0.4, 0.5) is 21.4 Å². The summed E-state index contributed by atoms with van der Waals surface area (Å²) in [5.74, 6) is 0.590. The molecule has 0 aliphatic carbocycles. The van der Waals surface area contributed by atoms with Gasteiger partial charge in [0, 0.05) is 13.1 Å². The van der Waals surface area contributed by atoms with E-state index in [2.05, 4.69) is 26.8 Å². The minimum atomic E-state index is -4.06. The van der Waals surface area contributed by atoms with Crippen LogP contribution in [0, 0.1) is 5.92 Å². The van der Waals surface area contributed by atoms with Gasteiger partial charge in [0.15, 0.2) is 17.0 Å². The predicted octanol–water partition coefficient (Wildman–Crippen LogP) is 3.49. The summed E-state index contributed by atoms with van der Waals surface area (Å²) in [6, 6.07) is 0. The van der Waals surface area contributed by atoms with E-state index in [4.69, 9.17) is 38.5 Å². The number of aromatic nitrogens is 4. The second-order valence-corrected chi connectivity index (χ2v) is 10.5. The molecule has 2 rings (SSSR count). The molecule has 1 atom stereocenters. The van der Waals surface area contributed by atoms with Crippen LogP contribution in [0.3, 0.4) is 0 Å². The Balaban J connectivity index is 1.95. The SMILES string of the molecule is C=CCNc1nc(N)nc2c1ncn2CCOCP(=O)(OCOC(=O)OCC(C)C)OCOC(=O)OC(C)C. The number of nitrogens with zero attached hydrogens (tertiary/aromatic N) is 4. The number of imidazole rings is 1. The number of ether oxygens (including phenoxy) is 5. The lowest BCUT2D eigenvalue weighted by Gasteiger charge is -2.18. The van der Waals surface area contributed by atoms with Crippen LogP contribution in [-0.4, -0.2) is 77.6 Å². The lowest BCUT2D eigenvalue weighted by molar-refractivity contribution is -0.0319. The number of nitrogens with two attached hydrogens (primary N) is 1. The van der Waals surface area contributed by atoms with E-state index < -0.39 is 45.9 Å². The Morgan fingerprint density at radius 2 is 1.82 bits per heavy atom. The van der Waals surface area contributed by atoms with Crippen LogP contribution in [0.5, 0.6) is 0 Å². The van der Waals surface area contributed by atoms with E-state index in [1.54, 1.807) is 24.5 Å². The fourth-order valence-corrected chi connectivity index (χ4v) is 3.68. The average Bonchev–Trinajstić information content (AvgIpc) is 3.26. The number of anilines is 2. The molecule has 16 nitrogen and oxygen atoms in total. The van der Waals surface area contributed by atoms with E-state index in [1.807, 2.05) is 13.8 Å². The van der Waals surface area contributed by atoms with E-state index in [0.29, 0.717) is 23.5 Å². The molecule has 2 heterocycles. The number of hydrogen-bond acceptors (Lipinski definition) is 15. The lowest BCUT2D eigenvalue weighted by Crippen LogP contribution is -2.17. The topological polar surface area (TPSA) is 197 Å². The zero-order valence-electron chi connectivity index (χ0n) is 22.4. The Morgan fingerprint density at radius 1 is 1.13 bits per heavy atom. The van der Waals surface area contributed by atoms with Gasteiger partial charge in [-0.3, -0.25) is 13.6 Å². The molecule has 0 bridgehead atoms. The molecule has 3 N–H and O–H groups in total. The Hall–Kier alpha value is -3.46. The molecule has 0 aliphatic heterocycles. The van der Waals surface area contributed by atoms with Crippen molar-refractivity contribution in [2.45, 2.75) is 40.3 Å². The van der Waals surface area contributed by atoms with E-state index in [9.17, 15) is 14.2 Å². The predicted molar refractivity (Wildman–Crippen MR) is 139 cm³/mol. The number of carbonyl (C=O) groups is 2. The number of nitrogens with one attached hydrogen (secondary N) is 1. The van der Waals surface area contributed by atoms with Crippen molar-refractivity contribution in [3.63, 3.8) is 0 Å². The van der Waals surface area contributed by atoms with Gasteiger partial charge >= 0.3 is 19.9 Å². The number of rotatable bonds is 17. The van der Waals surface area contributed by atoms with Crippen LogP contribution >= 0.6 is 7.60 Å². The van der Waals surface area contributed by atoms with Crippen molar-refractivity contribution in [3.8, 4) is 0 Å². The number of carbonyl (C=O) groups excluding carboxylic acids is 2. The smallest absolute Gasteiger partial charge is 0.434 e. The van der Waals surface area contributed by atoms with Crippen molar-refractivity contribution in [1.29, 1.82) is 0 Å².